The smallest absolute Gasteiger partial charge is 0.319 e. The molecular formula is C17H15FN2O5S. The quantitative estimate of drug-likeness (QED) is 0.343. The number of nitro groups is 1. The van der Waals surface area contributed by atoms with Crippen LogP contribution >= 0.6 is 11.8 Å². The molecule has 0 radical (unpaired) electrons. The standard InChI is InChI=1S/C17H15FN2O5S/c1-11(26-15-8-6-14(7-9-15)20(23)24)17(22)25-10-16(21)19-13-4-2-12(18)3-5-13/h2-9,11H,10H2,1H3,(H,19,21)/t11-/m1/s1. The Morgan fingerprint density at radius 2 is 1.81 bits per heavy atom. The first-order chi connectivity index (χ1) is 12.3. The second kappa shape index (κ2) is 8.95. The Hall–Kier alpha value is -2.94. The summed E-state index contributed by atoms with van der Waals surface area (Å²) in [5.74, 6) is -1.56. The maximum Gasteiger partial charge on any atom is 0.319 e. The highest BCUT2D eigenvalue weighted by atomic mass is 32.2. The van der Waals surface area contributed by atoms with Gasteiger partial charge in [0.05, 0.1) is 4.92 Å². The summed E-state index contributed by atoms with van der Waals surface area (Å²) in [7, 11) is 0. The van der Waals surface area contributed by atoms with E-state index < -0.39 is 34.5 Å². The molecule has 136 valence electrons. The van der Waals surface area contributed by atoms with Gasteiger partial charge in [0.1, 0.15) is 11.1 Å². The Labute approximate surface area is 152 Å². The molecular weight excluding hydrogens is 363 g/mol. The number of benzene rings is 2. The number of amides is 1. The third kappa shape index (κ3) is 5.85. The fourth-order valence-electron chi connectivity index (χ4n) is 1.88. The number of carbonyl (C=O) groups is 2. The van der Waals surface area contributed by atoms with E-state index in [0.29, 0.717) is 10.6 Å². The Kier molecular flexibility index (Phi) is 6.67. The molecule has 9 heteroatoms. The van der Waals surface area contributed by atoms with E-state index in [-0.39, 0.29) is 5.69 Å². The molecule has 0 saturated heterocycles. The topological polar surface area (TPSA) is 98.5 Å². The minimum atomic E-state index is -0.602. The molecule has 0 aromatic heterocycles. The highest BCUT2D eigenvalue weighted by molar-refractivity contribution is 8.00. The van der Waals surface area contributed by atoms with Crippen molar-refractivity contribution in [3.63, 3.8) is 0 Å². The summed E-state index contributed by atoms with van der Waals surface area (Å²) in [6, 6.07) is 10.9. The Balaban J connectivity index is 1.79. The third-order valence-corrected chi connectivity index (χ3v) is 4.26. The predicted octanol–water partition coefficient (Wildman–Crippen LogP) is 3.40. The van der Waals surface area contributed by atoms with E-state index in [9.17, 15) is 24.1 Å². The fraction of sp³-hybridized carbons (Fsp3) is 0.176. The van der Waals surface area contributed by atoms with Gasteiger partial charge in [-0.2, -0.15) is 0 Å². The monoisotopic (exact) mass is 378 g/mol. The number of nitrogens with zero attached hydrogens (tertiary/aromatic N) is 1. The van der Waals surface area contributed by atoms with Crippen LogP contribution in [0.15, 0.2) is 53.4 Å². The average molecular weight is 378 g/mol. The normalized spacial score (nSPS) is 11.5. The van der Waals surface area contributed by atoms with Gasteiger partial charge >= 0.3 is 5.97 Å². The SMILES string of the molecule is C[C@@H](Sc1ccc([N+](=O)[O-])cc1)C(=O)OCC(=O)Nc1ccc(F)cc1. The molecule has 0 aliphatic rings. The number of non-ortho nitro benzene ring substituents is 1. The van der Waals surface area contributed by atoms with Crippen LogP contribution in [0.2, 0.25) is 0 Å². The number of thioether (sulfide) groups is 1. The zero-order valence-electron chi connectivity index (χ0n) is 13.7. The molecule has 2 aromatic rings. The number of nitrogens with one attached hydrogen (secondary N) is 1. The zero-order valence-corrected chi connectivity index (χ0v) is 14.5. The minimum Gasteiger partial charge on any atom is -0.455 e. The first-order valence-electron chi connectivity index (χ1n) is 7.48. The third-order valence-electron chi connectivity index (χ3n) is 3.17. The van der Waals surface area contributed by atoms with Crippen molar-refractivity contribution in [3.8, 4) is 0 Å². The summed E-state index contributed by atoms with van der Waals surface area (Å²) in [5.41, 5.74) is 0.350. The van der Waals surface area contributed by atoms with E-state index in [4.69, 9.17) is 4.74 Å². The van der Waals surface area contributed by atoms with Crippen LogP contribution in [0.3, 0.4) is 0 Å². The Bertz CT molecular complexity index is 796. The van der Waals surface area contributed by atoms with Crippen LogP contribution in [-0.4, -0.2) is 28.7 Å². The highest BCUT2D eigenvalue weighted by Crippen LogP contribution is 2.26. The van der Waals surface area contributed by atoms with E-state index >= 15 is 0 Å². The highest BCUT2D eigenvalue weighted by Gasteiger charge is 2.18. The fourth-order valence-corrected chi connectivity index (χ4v) is 2.75. The van der Waals surface area contributed by atoms with Gasteiger partial charge in [-0.05, 0) is 43.3 Å². The number of hydrogen-bond acceptors (Lipinski definition) is 6. The van der Waals surface area contributed by atoms with E-state index in [1.54, 1.807) is 6.92 Å². The van der Waals surface area contributed by atoms with Crippen LogP contribution < -0.4 is 5.32 Å². The number of carbonyl (C=O) groups excluding carboxylic acids is 2. The van der Waals surface area contributed by atoms with Crippen molar-refractivity contribution in [2.24, 2.45) is 0 Å². The van der Waals surface area contributed by atoms with Crippen molar-refractivity contribution in [1.82, 2.24) is 0 Å². The first-order valence-corrected chi connectivity index (χ1v) is 8.36. The number of hydrogen-bond donors (Lipinski definition) is 1. The molecule has 7 nitrogen and oxygen atoms in total. The maximum absolute atomic E-state index is 12.8. The molecule has 1 amide bonds. The van der Waals surface area contributed by atoms with E-state index in [0.717, 1.165) is 11.8 Å². The van der Waals surface area contributed by atoms with Gasteiger partial charge in [-0.3, -0.25) is 19.7 Å². The van der Waals surface area contributed by atoms with Crippen molar-refractivity contribution in [2.45, 2.75) is 17.1 Å². The second-order valence-electron chi connectivity index (χ2n) is 5.17. The molecule has 0 saturated carbocycles. The van der Waals surface area contributed by atoms with Gasteiger partial charge < -0.3 is 10.1 Å². The Morgan fingerprint density at radius 3 is 2.38 bits per heavy atom. The maximum atomic E-state index is 12.8. The number of nitro benzene ring substituents is 1. The van der Waals surface area contributed by atoms with Crippen molar-refractivity contribution in [2.75, 3.05) is 11.9 Å². The molecule has 2 aromatic carbocycles. The second-order valence-corrected chi connectivity index (χ2v) is 6.59. The molecule has 0 aliphatic heterocycles. The predicted molar refractivity (Wildman–Crippen MR) is 94.4 cm³/mol. The van der Waals surface area contributed by atoms with E-state index in [1.165, 1.54) is 48.5 Å². The molecule has 1 atom stereocenters. The first kappa shape index (κ1) is 19.4. The zero-order chi connectivity index (χ0) is 19.1. The molecule has 0 unspecified atom stereocenters. The van der Waals surface area contributed by atoms with Crippen LogP contribution in [0.4, 0.5) is 15.8 Å². The number of ether oxygens (including phenoxy) is 1. The van der Waals surface area contributed by atoms with Crippen LogP contribution in [0, 0.1) is 15.9 Å². The van der Waals surface area contributed by atoms with E-state index in [1.807, 2.05) is 0 Å². The van der Waals surface area contributed by atoms with Gasteiger partial charge in [0.25, 0.3) is 11.6 Å². The van der Waals surface area contributed by atoms with Crippen LogP contribution in [-0.2, 0) is 14.3 Å². The van der Waals surface area contributed by atoms with Crippen molar-refractivity contribution >= 4 is 35.0 Å². The summed E-state index contributed by atoms with van der Waals surface area (Å²) in [6.07, 6.45) is 0. The Morgan fingerprint density at radius 1 is 1.19 bits per heavy atom. The summed E-state index contributed by atoms with van der Waals surface area (Å²) in [4.78, 5) is 34.4. The number of halogens is 1. The molecule has 0 aliphatic carbocycles. The molecule has 26 heavy (non-hydrogen) atoms. The van der Waals surface area contributed by atoms with Gasteiger partial charge in [-0.25, -0.2) is 4.39 Å². The lowest BCUT2D eigenvalue weighted by molar-refractivity contribution is -0.384. The van der Waals surface area contributed by atoms with Gasteiger partial charge in [-0.1, -0.05) is 0 Å². The number of rotatable bonds is 7. The lowest BCUT2D eigenvalue weighted by Gasteiger charge is -2.11. The summed E-state index contributed by atoms with van der Waals surface area (Å²) < 4.78 is 17.7. The summed E-state index contributed by atoms with van der Waals surface area (Å²) >= 11 is 1.16. The summed E-state index contributed by atoms with van der Waals surface area (Å²) in [6.45, 7) is 1.13. The average Bonchev–Trinajstić information content (AvgIpc) is 2.62. The number of anilines is 1. The van der Waals surface area contributed by atoms with Crippen LogP contribution in [0.5, 0.6) is 0 Å². The molecule has 0 spiro atoms. The van der Waals surface area contributed by atoms with Gasteiger partial charge in [0.2, 0.25) is 0 Å². The van der Waals surface area contributed by atoms with Gasteiger partial charge in [0, 0.05) is 22.7 Å². The number of esters is 1. The largest absolute Gasteiger partial charge is 0.455 e. The van der Waals surface area contributed by atoms with Gasteiger partial charge in [0.15, 0.2) is 6.61 Å². The van der Waals surface area contributed by atoms with E-state index in [2.05, 4.69) is 5.32 Å². The van der Waals surface area contributed by atoms with Crippen molar-refractivity contribution in [3.05, 3.63) is 64.5 Å². The van der Waals surface area contributed by atoms with Crippen LogP contribution in [0.25, 0.3) is 0 Å². The molecule has 0 bridgehead atoms. The van der Waals surface area contributed by atoms with Crippen molar-refractivity contribution in [1.29, 1.82) is 0 Å². The molecule has 1 N–H and O–H groups in total. The lowest BCUT2D eigenvalue weighted by Crippen LogP contribution is -2.24. The molecule has 0 fully saturated rings. The van der Waals surface area contributed by atoms with Crippen molar-refractivity contribution < 1.29 is 23.6 Å². The minimum absolute atomic E-state index is 0.0398. The lowest BCUT2D eigenvalue weighted by atomic mass is 10.3. The summed E-state index contributed by atoms with van der Waals surface area (Å²) in [5, 5.41) is 12.5. The van der Waals surface area contributed by atoms with Gasteiger partial charge in [-0.15, -0.1) is 11.8 Å². The van der Waals surface area contributed by atoms with Crippen LogP contribution in [0.1, 0.15) is 6.92 Å². The molecule has 2 rings (SSSR count). The molecule has 0 heterocycles.